The zero-order chi connectivity index (χ0) is 13.7. The Morgan fingerprint density at radius 1 is 1.56 bits per heavy atom. The molecule has 1 rings (SSSR count). The summed E-state index contributed by atoms with van der Waals surface area (Å²) in [7, 11) is 3.13. The van der Waals surface area contributed by atoms with Crippen molar-refractivity contribution in [2.24, 2.45) is 0 Å². The number of halogens is 1. The summed E-state index contributed by atoms with van der Waals surface area (Å²) in [6, 6.07) is 2.60. The van der Waals surface area contributed by atoms with Crippen molar-refractivity contribution in [3.8, 4) is 5.75 Å². The Morgan fingerprint density at radius 3 is 2.78 bits per heavy atom. The molecule has 0 aliphatic heterocycles. The molecule has 0 heterocycles. The second-order valence-electron chi connectivity index (χ2n) is 3.84. The number of carbonyl (C=O) groups is 1. The van der Waals surface area contributed by atoms with Crippen LogP contribution in [0.15, 0.2) is 12.1 Å². The fourth-order valence-corrected chi connectivity index (χ4v) is 1.36. The molecule has 0 saturated heterocycles. The number of amides is 1. The highest BCUT2D eigenvalue weighted by Crippen LogP contribution is 2.27. The van der Waals surface area contributed by atoms with Gasteiger partial charge in [0.1, 0.15) is 11.6 Å². The number of nitrogen functional groups attached to an aromatic ring is 1. The third kappa shape index (κ3) is 3.26. The number of methoxy groups -OCH3 is 1. The third-order valence-corrected chi connectivity index (χ3v) is 2.65. The van der Waals surface area contributed by atoms with Crippen molar-refractivity contribution in [1.82, 2.24) is 4.90 Å². The van der Waals surface area contributed by atoms with Crippen LogP contribution >= 0.6 is 0 Å². The standard InChI is InChI=1S/C12H18FN3O2/c1-4-16(2)12(17)7-15-10-6-11(18-3)9(14)5-8(10)13/h5-6,15H,4,7,14H2,1-3H3. The summed E-state index contributed by atoms with van der Waals surface area (Å²) in [5, 5.41) is 2.73. The van der Waals surface area contributed by atoms with Gasteiger partial charge < -0.3 is 20.7 Å². The number of rotatable bonds is 5. The van der Waals surface area contributed by atoms with E-state index >= 15 is 0 Å². The molecule has 0 saturated carbocycles. The minimum Gasteiger partial charge on any atom is -0.495 e. The SMILES string of the molecule is CCN(C)C(=O)CNc1cc(OC)c(N)cc1F. The zero-order valence-corrected chi connectivity index (χ0v) is 10.8. The van der Waals surface area contributed by atoms with Gasteiger partial charge in [0.2, 0.25) is 5.91 Å². The molecular formula is C12H18FN3O2. The van der Waals surface area contributed by atoms with Crippen molar-refractivity contribution in [1.29, 1.82) is 0 Å². The molecule has 18 heavy (non-hydrogen) atoms. The quantitative estimate of drug-likeness (QED) is 0.778. The second kappa shape index (κ2) is 6.09. The van der Waals surface area contributed by atoms with Gasteiger partial charge in [-0.05, 0) is 6.92 Å². The summed E-state index contributed by atoms with van der Waals surface area (Å²) in [6.45, 7) is 2.49. The molecule has 0 atom stereocenters. The molecule has 1 amide bonds. The Kier molecular flexibility index (Phi) is 4.76. The van der Waals surface area contributed by atoms with Crippen molar-refractivity contribution < 1.29 is 13.9 Å². The molecule has 3 N–H and O–H groups in total. The lowest BCUT2D eigenvalue weighted by molar-refractivity contribution is -0.127. The van der Waals surface area contributed by atoms with Crippen molar-refractivity contribution in [3.63, 3.8) is 0 Å². The fraction of sp³-hybridized carbons (Fsp3) is 0.417. The third-order valence-electron chi connectivity index (χ3n) is 2.65. The van der Waals surface area contributed by atoms with E-state index in [4.69, 9.17) is 10.5 Å². The molecule has 0 aliphatic rings. The van der Waals surface area contributed by atoms with E-state index in [0.29, 0.717) is 12.3 Å². The Hall–Kier alpha value is -1.98. The lowest BCUT2D eigenvalue weighted by atomic mass is 10.2. The normalized spacial score (nSPS) is 10.0. The maximum atomic E-state index is 13.6. The maximum absolute atomic E-state index is 13.6. The summed E-state index contributed by atoms with van der Waals surface area (Å²) < 4.78 is 18.6. The highest BCUT2D eigenvalue weighted by Gasteiger charge is 2.11. The van der Waals surface area contributed by atoms with Crippen LogP contribution in [0.3, 0.4) is 0 Å². The Balaban J connectivity index is 2.76. The first-order valence-electron chi connectivity index (χ1n) is 5.60. The van der Waals surface area contributed by atoms with Gasteiger partial charge in [-0.3, -0.25) is 4.79 Å². The van der Waals surface area contributed by atoms with Crippen molar-refractivity contribution in [2.75, 3.05) is 38.3 Å². The van der Waals surface area contributed by atoms with Crippen LogP contribution in [0.1, 0.15) is 6.92 Å². The molecule has 1 aromatic carbocycles. The number of hydrogen-bond acceptors (Lipinski definition) is 4. The smallest absolute Gasteiger partial charge is 0.241 e. The summed E-state index contributed by atoms with van der Waals surface area (Å²) in [6.07, 6.45) is 0. The van der Waals surface area contributed by atoms with E-state index in [1.165, 1.54) is 13.2 Å². The first kappa shape index (κ1) is 14.1. The van der Waals surface area contributed by atoms with Crippen LogP contribution < -0.4 is 15.8 Å². The highest BCUT2D eigenvalue weighted by molar-refractivity contribution is 5.81. The topological polar surface area (TPSA) is 67.6 Å². The van der Waals surface area contributed by atoms with E-state index in [1.807, 2.05) is 6.92 Å². The molecule has 0 bridgehead atoms. The van der Waals surface area contributed by atoms with E-state index in [1.54, 1.807) is 11.9 Å². The van der Waals surface area contributed by atoms with Gasteiger partial charge in [0, 0.05) is 25.7 Å². The van der Waals surface area contributed by atoms with Gasteiger partial charge in [0.15, 0.2) is 0 Å². The van der Waals surface area contributed by atoms with Crippen LogP contribution in [0.5, 0.6) is 5.75 Å². The van der Waals surface area contributed by atoms with Crippen LogP contribution in [0.4, 0.5) is 15.8 Å². The summed E-state index contributed by atoms with van der Waals surface area (Å²) in [5.41, 5.74) is 5.97. The average molecular weight is 255 g/mol. The number of likely N-dealkylation sites (N-methyl/N-ethyl adjacent to an activating group) is 1. The predicted molar refractivity (Wildman–Crippen MR) is 69.2 cm³/mol. The lowest BCUT2D eigenvalue weighted by Gasteiger charge is -2.16. The van der Waals surface area contributed by atoms with Crippen LogP contribution in [0, 0.1) is 5.82 Å². The van der Waals surface area contributed by atoms with Crippen molar-refractivity contribution in [2.45, 2.75) is 6.92 Å². The number of anilines is 2. The maximum Gasteiger partial charge on any atom is 0.241 e. The predicted octanol–water partition coefficient (Wildman–Crippen LogP) is 1.31. The molecule has 0 spiro atoms. The molecule has 0 aliphatic carbocycles. The van der Waals surface area contributed by atoms with Gasteiger partial charge in [-0.15, -0.1) is 0 Å². The number of nitrogens with zero attached hydrogens (tertiary/aromatic N) is 1. The highest BCUT2D eigenvalue weighted by atomic mass is 19.1. The van der Waals surface area contributed by atoms with Crippen molar-refractivity contribution in [3.05, 3.63) is 17.9 Å². The van der Waals surface area contributed by atoms with Gasteiger partial charge in [0.05, 0.1) is 25.0 Å². The Morgan fingerprint density at radius 2 is 2.22 bits per heavy atom. The minimum absolute atomic E-state index is 0.0222. The first-order chi connectivity index (χ1) is 8.49. The molecule has 0 unspecified atom stereocenters. The number of nitrogens with two attached hydrogens (primary N) is 1. The minimum atomic E-state index is -0.514. The fourth-order valence-electron chi connectivity index (χ4n) is 1.36. The number of benzene rings is 1. The summed E-state index contributed by atoms with van der Waals surface area (Å²) in [4.78, 5) is 13.1. The molecule has 100 valence electrons. The van der Waals surface area contributed by atoms with E-state index in [0.717, 1.165) is 6.07 Å². The molecule has 6 heteroatoms. The van der Waals surface area contributed by atoms with Crippen LogP contribution in [0.25, 0.3) is 0 Å². The monoisotopic (exact) mass is 255 g/mol. The molecule has 0 radical (unpaired) electrons. The van der Waals surface area contributed by atoms with Crippen LogP contribution in [0.2, 0.25) is 0 Å². The molecule has 1 aromatic rings. The number of carbonyl (C=O) groups excluding carboxylic acids is 1. The summed E-state index contributed by atoms with van der Waals surface area (Å²) in [5.74, 6) is -0.261. The Bertz CT molecular complexity index is 438. The second-order valence-corrected chi connectivity index (χ2v) is 3.84. The van der Waals surface area contributed by atoms with E-state index in [9.17, 15) is 9.18 Å². The van der Waals surface area contributed by atoms with Crippen LogP contribution in [-0.2, 0) is 4.79 Å². The molecule has 5 nitrogen and oxygen atoms in total. The van der Waals surface area contributed by atoms with Crippen molar-refractivity contribution >= 4 is 17.3 Å². The zero-order valence-electron chi connectivity index (χ0n) is 10.8. The largest absolute Gasteiger partial charge is 0.495 e. The molecule has 0 fully saturated rings. The average Bonchev–Trinajstić information content (AvgIpc) is 2.36. The number of ether oxygens (including phenoxy) is 1. The lowest BCUT2D eigenvalue weighted by Crippen LogP contribution is -2.32. The Labute approximate surface area is 106 Å². The van der Waals surface area contributed by atoms with E-state index in [-0.39, 0.29) is 23.8 Å². The van der Waals surface area contributed by atoms with Crippen LogP contribution in [-0.4, -0.2) is 38.1 Å². The van der Waals surface area contributed by atoms with E-state index < -0.39 is 5.82 Å². The number of hydrogen-bond donors (Lipinski definition) is 2. The van der Waals surface area contributed by atoms with E-state index in [2.05, 4.69) is 5.32 Å². The number of nitrogens with one attached hydrogen (secondary N) is 1. The summed E-state index contributed by atoms with van der Waals surface area (Å²) >= 11 is 0. The first-order valence-corrected chi connectivity index (χ1v) is 5.60. The van der Waals surface area contributed by atoms with Gasteiger partial charge in [-0.2, -0.15) is 0 Å². The van der Waals surface area contributed by atoms with Gasteiger partial charge >= 0.3 is 0 Å². The molecule has 0 aromatic heterocycles. The van der Waals surface area contributed by atoms with Gasteiger partial charge in [0.25, 0.3) is 0 Å². The molecular weight excluding hydrogens is 237 g/mol. The van der Waals surface area contributed by atoms with Gasteiger partial charge in [-0.1, -0.05) is 0 Å². The van der Waals surface area contributed by atoms with Gasteiger partial charge in [-0.25, -0.2) is 4.39 Å².